The molecule has 6 unspecified atom stereocenters. The van der Waals surface area contributed by atoms with E-state index in [4.69, 9.17) is 81.0 Å². The Morgan fingerprint density at radius 2 is 0.869 bits per heavy atom. The van der Waals surface area contributed by atoms with Crippen molar-refractivity contribution in [1.82, 2.24) is 0 Å². The molecule has 1 amide bonds. The molecule has 25 heteroatoms. The van der Waals surface area contributed by atoms with Gasteiger partial charge in [-0.15, -0.1) is 0 Å². The smallest absolute Gasteiger partial charge is 0.322 e. The molecule has 25 nitrogen and oxygen atoms in total. The summed E-state index contributed by atoms with van der Waals surface area (Å²) in [6.07, 6.45) is 3.34. The van der Waals surface area contributed by atoms with Gasteiger partial charge in [0, 0.05) is 0 Å². The Morgan fingerprint density at radius 3 is 1.07 bits per heavy atom. The van der Waals surface area contributed by atoms with Crippen molar-refractivity contribution in [3.8, 4) is 0 Å². The summed E-state index contributed by atoms with van der Waals surface area (Å²) in [5.74, 6) is -7.07. The van der Waals surface area contributed by atoms with E-state index in [0.29, 0.717) is 44.1 Å². The van der Waals surface area contributed by atoms with Crippen LogP contribution in [0.4, 0.5) is 0 Å². The molecule has 1 rings (SSSR count). The summed E-state index contributed by atoms with van der Waals surface area (Å²) in [4.78, 5) is 79.5. The van der Waals surface area contributed by atoms with Crippen molar-refractivity contribution < 1.29 is 79.2 Å². The third-order valence-corrected chi connectivity index (χ3v) is 6.41. The number of carbonyl (C=O) groups excluding carboxylic acids is 1. The van der Waals surface area contributed by atoms with Crippen molar-refractivity contribution in [2.45, 2.75) is 109 Å². The number of carboxylic acid groups (broad SMARTS) is 7. The van der Waals surface area contributed by atoms with Crippen LogP contribution in [0.15, 0.2) is 30.3 Å². The van der Waals surface area contributed by atoms with Crippen LogP contribution in [0.5, 0.6) is 0 Å². The fourth-order valence-corrected chi connectivity index (χ4v) is 3.19. The molecule has 0 saturated carbocycles. The van der Waals surface area contributed by atoms with Gasteiger partial charge < -0.3 is 92.5 Å². The van der Waals surface area contributed by atoms with Crippen LogP contribution in [-0.2, 0) is 44.8 Å². The van der Waals surface area contributed by atoms with Crippen LogP contribution in [0.3, 0.4) is 0 Å². The number of unbranched alkanes of at least 4 members (excludes halogenated alkanes) is 1. The van der Waals surface area contributed by atoms with Gasteiger partial charge in [0.15, 0.2) is 0 Å². The number of benzene rings is 1. The molecule has 61 heavy (non-hydrogen) atoms. The van der Waals surface area contributed by atoms with Gasteiger partial charge in [0.25, 0.3) is 0 Å². The highest BCUT2D eigenvalue weighted by Crippen LogP contribution is 2.03. The molecule has 0 fully saturated rings. The number of aliphatic carboxylic acids is 7. The summed E-state index contributed by atoms with van der Waals surface area (Å²) in [5, 5.41) is 65.0. The highest BCUT2D eigenvalue weighted by atomic mass is 16.4. The van der Waals surface area contributed by atoms with Gasteiger partial charge >= 0.3 is 41.8 Å². The van der Waals surface area contributed by atoms with Crippen LogP contribution in [0.25, 0.3) is 0 Å². The lowest BCUT2D eigenvalue weighted by Gasteiger charge is -2.07. The highest BCUT2D eigenvalue weighted by molar-refractivity contribution is 5.83. The Hall–Kier alpha value is -5.38. The van der Waals surface area contributed by atoms with Gasteiger partial charge in [-0.05, 0) is 56.0 Å². The van der Waals surface area contributed by atoms with E-state index in [0.717, 1.165) is 18.4 Å². The quantitative estimate of drug-likeness (QED) is 0.0572. The Morgan fingerprint density at radius 1 is 0.525 bits per heavy atom. The van der Waals surface area contributed by atoms with E-state index >= 15 is 0 Å². The topological polar surface area (TPSA) is 533 Å². The molecule has 26 N–H and O–H groups in total. The van der Waals surface area contributed by atoms with E-state index in [9.17, 15) is 38.4 Å². The molecular formula is C36H71N9O16. The second-order valence-electron chi connectivity index (χ2n) is 13.4. The number of amides is 1. The Labute approximate surface area is 354 Å². The molecule has 6 atom stereocenters. The van der Waals surface area contributed by atoms with Crippen molar-refractivity contribution in [3.63, 3.8) is 0 Å². The van der Waals surface area contributed by atoms with Gasteiger partial charge in [0.05, 0.1) is 19.6 Å². The van der Waals surface area contributed by atoms with Gasteiger partial charge in [0.1, 0.15) is 36.3 Å². The van der Waals surface area contributed by atoms with Gasteiger partial charge in [-0.2, -0.15) is 0 Å². The maximum atomic E-state index is 10.4. The summed E-state index contributed by atoms with van der Waals surface area (Å²) in [7, 11) is 0. The molecule has 0 heterocycles. The number of aliphatic hydroxyl groups excluding tert-OH is 1. The van der Waals surface area contributed by atoms with Crippen LogP contribution < -0.4 is 51.6 Å². The van der Waals surface area contributed by atoms with Crippen LogP contribution in [-0.4, -0.2) is 144 Å². The Balaban J connectivity index is -0.000000146. The second kappa shape index (κ2) is 42.7. The summed E-state index contributed by atoms with van der Waals surface area (Å²) >= 11 is 0. The van der Waals surface area contributed by atoms with Crippen molar-refractivity contribution in [2.75, 3.05) is 19.7 Å². The molecule has 0 aromatic heterocycles. The number of hydrogen-bond acceptors (Lipinski definition) is 17. The molecule has 0 aliphatic carbocycles. The molecule has 0 bridgehead atoms. The minimum atomic E-state index is -1.21. The van der Waals surface area contributed by atoms with Crippen LogP contribution in [0, 0.1) is 11.8 Å². The molecule has 356 valence electrons. The summed E-state index contributed by atoms with van der Waals surface area (Å²) < 4.78 is 0. The predicted molar refractivity (Wildman–Crippen MR) is 223 cm³/mol. The fraction of sp³-hybridized carbons (Fsp3) is 0.611. The van der Waals surface area contributed by atoms with Crippen molar-refractivity contribution in [3.05, 3.63) is 35.9 Å². The molecule has 0 spiro atoms. The number of rotatable bonds is 20. The summed E-state index contributed by atoms with van der Waals surface area (Å²) in [5.41, 5.74) is 46.1. The van der Waals surface area contributed by atoms with Crippen LogP contribution >= 0.6 is 0 Å². The van der Waals surface area contributed by atoms with Crippen molar-refractivity contribution >= 4 is 47.7 Å². The van der Waals surface area contributed by atoms with Gasteiger partial charge in [-0.25, -0.2) is 0 Å². The van der Waals surface area contributed by atoms with Crippen LogP contribution in [0.2, 0.25) is 0 Å². The van der Waals surface area contributed by atoms with E-state index < -0.39 is 90.6 Å². The molecule has 0 saturated heterocycles. The van der Waals surface area contributed by atoms with E-state index in [1.54, 1.807) is 0 Å². The lowest BCUT2D eigenvalue weighted by molar-refractivity contribution is -0.140. The zero-order valence-corrected chi connectivity index (χ0v) is 35.1. The highest BCUT2D eigenvalue weighted by Gasteiger charge is 2.15. The van der Waals surface area contributed by atoms with Crippen molar-refractivity contribution in [2.24, 2.45) is 63.4 Å². The molecule has 0 aliphatic heterocycles. The minimum Gasteiger partial charge on any atom is -0.480 e. The monoisotopic (exact) mass is 886 g/mol. The fourth-order valence-electron chi connectivity index (χ4n) is 3.19. The summed E-state index contributed by atoms with van der Waals surface area (Å²) in [6.45, 7) is 7.61. The van der Waals surface area contributed by atoms with Crippen molar-refractivity contribution in [1.29, 1.82) is 0 Å². The van der Waals surface area contributed by atoms with E-state index in [1.807, 2.05) is 58.0 Å². The molecule has 1 aromatic rings. The largest absolute Gasteiger partial charge is 0.480 e. The van der Waals surface area contributed by atoms with Gasteiger partial charge in [0.2, 0.25) is 5.91 Å². The first-order chi connectivity index (χ1) is 27.9. The molecule has 0 aliphatic rings. The zero-order valence-electron chi connectivity index (χ0n) is 35.1. The number of nitrogens with two attached hydrogens (primary N) is 9. The Kier molecular flexibility index (Phi) is 47.2. The number of carboxylic acids is 7. The normalized spacial score (nSPS) is 12.6. The molecular weight excluding hydrogens is 814 g/mol. The third kappa shape index (κ3) is 56.8. The average molecular weight is 886 g/mol. The number of aliphatic hydroxyl groups is 1. The Bertz CT molecular complexity index is 1330. The molecule has 0 radical (unpaired) electrons. The zero-order chi connectivity index (χ0) is 49.4. The first-order valence-electron chi connectivity index (χ1n) is 18.4. The van der Waals surface area contributed by atoms with E-state index in [1.165, 1.54) is 0 Å². The lowest BCUT2D eigenvalue weighted by Crippen LogP contribution is -2.34. The number of primary amides is 1. The van der Waals surface area contributed by atoms with Gasteiger partial charge in [-0.1, -0.05) is 64.4 Å². The molecule has 1 aromatic carbocycles. The second-order valence-corrected chi connectivity index (χ2v) is 13.4. The summed E-state index contributed by atoms with van der Waals surface area (Å²) in [6, 6.07) is 4.16. The first kappa shape index (κ1) is 67.4. The van der Waals surface area contributed by atoms with Gasteiger partial charge in [-0.3, -0.25) is 38.4 Å². The maximum Gasteiger partial charge on any atom is 0.322 e. The van der Waals surface area contributed by atoms with Crippen LogP contribution in [0.1, 0.15) is 71.8 Å². The lowest BCUT2D eigenvalue weighted by atomic mass is 10.1. The predicted octanol–water partition coefficient (Wildman–Crippen LogP) is -3.25. The number of carbonyl (C=O) groups is 8. The minimum absolute atomic E-state index is 0.278. The van der Waals surface area contributed by atoms with E-state index in [-0.39, 0.29) is 13.0 Å². The number of hydrogen-bond donors (Lipinski definition) is 17. The maximum absolute atomic E-state index is 10.4. The third-order valence-electron chi connectivity index (χ3n) is 6.41. The first-order valence-corrected chi connectivity index (χ1v) is 18.4. The van der Waals surface area contributed by atoms with E-state index in [2.05, 4.69) is 11.5 Å². The SMILES string of the molecule is CC(C)CC(N)C(=O)O.CC(C)CC(N)C(=O)O.NC(=O)CC(N)C(=O)O.NC(CO)C(=O)O.NC(Cc1ccccc1)C(=O)O.NCC(=O)O.NCCCCC(N)C(=O)O. The average Bonchev–Trinajstić information content (AvgIpc) is 3.15. The standard InChI is InChI=1S/C9H11NO2.C6H14N2O2.2C6H13NO2.C4H8N2O3.C3H7NO3.C2H5NO2/c10-8(9(11)12)6-7-4-2-1-3-5-7;7-4-2-1-3-5(8)6(9)10;2*1-4(2)3-5(7)6(8)9;5-2(4(8)9)1-3(6)7;4-2(1-5)3(6)7;3-1-2(4)5/h1-5,8H,6,10H2,(H,11,12);5H,1-4,7-8H2,(H,9,10);2*4-5H,3,7H2,1-2H3,(H,8,9);2H,1,5H2,(H2,6,7)(H,8,9);2,5H,1,4H2,(H,6,7);1,3H2,(H,4,5).